The molecule has 0 spiro atoms. The van der Waals surface area contributed by atoms with Gasteiger partial charge >= 0.3 is 0 Å². The van der Waals surface area contributed by atoms with Gasteiger partial charge in [-0.3, -0.25) is 4.79 Å². The molecule has 0 bridgehead atoms. The molecule has 1 aliphatic heterocycles. The van der Waals surface area contributed by atoms with Gasteiger partial charge in [-0.25, -0.2) is 4.98 Å². The Morgan fingerprint density at radius 2 is 2.38 bits per heavy atom. The highest BCUT2D eigenvalue weighted by Gasteiger charge is 2.23. The second-order valence-corrected chi connectivity index (χ2v) is 6.64. The van der Waals surface area contributed by atoms with Gasteiger partial charge in [0.25, 0.3) is 5.91 Å². The van der Waals surface area contributed by atoms with E-state index in [-0.39, 0.29) is 5.91 Å². The number of rotatable bonds is 3. The van der Waals surface area contributed by atoms with Gasteiger partial charge in [0, 0.05) is 23.7 Å². The first-order valence-electron chi connectivity index (χ1n) is 7.20. The molecule has 6 heteroatoms. The number of likely N-dealkylation sites (N-methyl/N-ethyl adjacent to an activating group) is 1. The predicted molar refractivity (Wildman–Crippen MR) is 86.8 cm³/mol. The number of likely N-dealkylation sites (tertiary alicyclic amines) is 1. The number of nitrogens with one attached hydrogen (secondary N) is 1. The van der Waals surface area contributed by atoms with Gasteiger partial charge in [-0.05, 0) is 45.5 Å². The summed E-state index contributed by atoms with van der Waals surface area (Å²) >= 11 is 1.37. The monoisotopic (exact) mass is 304 g/mol. The molecule has 0 radical (unpaired) electrons. The van der Waals surface area contributed by atoms with Gasteiger partial charge in [-0.1, -0.05) is 0 Å². The molecule has 2 aromatic heterocycles. The highest BCUT2D eigenvalue weighted by atomic mass is 32.1. The van der Waals surface area contributed by atoms with E-state index in [1.54, 1.807) is 0 Å². The topological polar surface area (TPSA) is 71.2 Å². The van der Waals surface area contributed by atoms with Crippen LogP contribution in [0.2, 0.25) is 0 Å². The van der Waals surface area contributed by atoms with E-state index < -0.39 is 0 Å². The zero-order chi connectivity index (χ0) is 15.0. The van der Waals surface area contributed by atoms with Crippen molar-refractivity contribution in [3.63, 3.8) is 0 Å². The summed E-state index contributed by atoms with van der Waals surface area (Å²) in [5.41, 5.74) is 7.58. The molecule has 3 N–H and O–H groups in total. The number of thiophene rings is 1. The number of pyridine rings is 1. The molecular formula is C15H20N4OS. The third-order valence-corrected chi connectivity index (χ3v) is 5.22. The van der Waals surface area contributed by atoms with Gasteiger partial charge in [-0.15, -0.1) is 11.3 Å². The van der Waals surface area contributed by atoms with Crippen molar-refractivity contribution in [2.45, 2.75) is 25.8 Å². The van der Waals surface area contributed by atoms with Crippen molar-refractivity contribution in [2.24, 2.45) is 0 Å². The van der Waals surface area contributed by atoms with E-state index in [2.05, 4.69) is 22.2 Å². The van der Waals surface area contributed by atoms with E-state index in [4.69, 9.17) is 5.73 Å². The summed E-state index contributed by atoms with van der Waals surface area (Å²) in [5.74, 6) is -0.0894. The lowest BCUT2D eigenvalue weighted by Crippen LogP contribution is -2.38. The van der Waals surface area contributed by atoms with Crippen molar-refractivity contribution >= 4 is 33.1 Å². The van der Waals surface area contributed by atoms with Crippen LogP contribution in [0.3, 0.4) is 0 Å². The fourth-order valence-corrected chi connectivity index (χ4v) is 3.84. The van der Waals surface area contributed by atoms with Gasteiger partial charge in [0.1, 0.15) is 9.71 Å². The molecule has 1 atom stereocenters. The molecule has 0 aromatic carbocycles. The van der Waals surface area contributed by atoms with Crippen molar-refractivity contribution in [3.8, 4) is 0 Å². The number of nitrogens with two attached hydrogens (primary N) is 1. The molecule has 3 heterocycles. The lowest BCUT2D eigenvalue weighted by molar-refractivity contribution is 0.0948. The van der Waals surface area contributed by atoms with Crippen LogP contribution in [0.4, 0.5) is 5.69 Å². The zero-order valence-corrected chi connectivity index (χ0v) is 13.2. The molecule has 1 saturated heterocycles. The van der Waals surface area contributed by atoms with Crippen molar-refractivity contribution in [1.82, 2.24) is 15.2 Å². The van der Waals surface area contributed by atoms with Crippen LogP contribution in [0.5, 0.6) is 0 Å². The lowest BCUT2D eigenvalue weighted by atomic mass is 10.2. The number of aromatic nitrogens is 1. The molecule has 0 saturated carbocycles. The number of fused-ring (bicyclic) bond motifs is 1. The summed E-state index contributed by atoms with van der Waals surface area (Å²) in [5, 5.41) is 3.88. The molecule has 5 nitrogen and oxygen atoms in total. The first-order valence-corrected chi connectivity index (χ1v) is 8.02. The van der Waals surface area contributed by atoms with E-state index in [1.165, 1.54) is 17.8 Å². The Kier molecular flexibility index (Phi) is 3.82. The minimum Gasteiger partial charge on any atom is -0.397 e. The van der Waals surface area contributed by atoms with Gasteiger partial charge in [0.2, 0.25) is 0 Å². The van der Waals surface area contributed by atoms with Crippen LogP contribution >= 0.6 is 11.3 Å². The van der Waals surface area contributed by atoms with E-state index >= 15 is 0 Å². The first-order chi connectivity index (χ1) is 10.1. The van der Waals surface area contributed by atoms with Crippen LogP contribution in [0.25, 0.3) is 10.2 Å². The number of aryl methyl sites for hydroxylation is 1. The summed E-state index contributed by atoms with van der Waals surface area (Å²) in [7, 11) is 2.10. The van der Waals surface area contributed by atoms with E-state index in [1.807, 2.05) is 19.1 Å². The smallest absolute Gasteiger partial charge is 0.263 e. The Hall–Kier alpha value is -1.66. The average molecular weight is 304 g/mol. The fourth-order valence-electron chi connectivity index (χ4n) is 2.79. The normalized spacial score (nSPS) is 19.2. The Bertz CT molecular complexity index is 682. The second-order valence-electron chi connectivity index (χ2n) is 5.64. The van der Waals surface area contributed by atoms with Gasteiger partial charge < -0.3 is 16.0 Å². The molecule has 21 heavy (non-hydrogen) atoms. The number of hydrogen-bond acceptors (Lipinski definition) is 5. The summed E-state index contributed by atoms with van der Waals surface area (Å²) in [6, 6.07) is 4.29. The maximum atomic E-state index is 12.4. The summed E-state index contributed by atoms with van der Waals surface area (Å²) in [6.07, 6.45) is 2.34. The summed E-state index contributed by atoms with van der Waals surface area (Å²) in [4.78, 5) is 20.5. The standard InChI is InChI=1S/C15H20N4OS/c1-9-5-6-11-12(16)13(21-15(11)18-9)14(20)17-8-10-4-3-7-19(10)2/h5-6,10H,3-4,7-8,16H2,1-2H3,(H,17,20). The third kappa shape index (κ3) is 2.73. The van der Waals surface area contributed by atoms with Crippen LogP contribution in [-0.2, 0) is 0 Å². The Labute approximate surface area is 128 Å². The maximum absolute atomic E-state index is 12.4. The number of amides is 1. The fraction of sp³-hybridized carbons (Fsp3) is 0.467. The Balaban J connectivity index is 1.76. The average Bonchev–Trinajstić information content (AvgIpc) is 3.00. The van der Waals surface area contributed by atoms with Crippen molar-refractivity contribution in [3.05, 3.63) is 22.7 Å². The highest BCUT2D eigenvalue weighted by Crippen LogP contribution is 2.32. The molecule has 3 rings (SSSR count). The number of carbonyl (C=O) groups excluding carboxylic acids is 1. The van der Waals surface area contributed by atoms with Crippen molar-refractivity contribution in [1.29, 1.82) is 0 Å². The minimum absolute atomic E-state index is 0.0894. The minimum atomic E-state index is -0.0894. The van der Waals surface area contributed by atoms with E-state index in [0.29, 0.717) is 23.2 Å². The van der Waals surface area contributed by atoms with Crippen LogP contribution in [-0.4, -0.2) is 42.0 Å². The number of anilines is 1. The summed E-state index contributed by atoms with van der Waals surface area (Å²) in [6.45, 7) is 3.72. The maximum Gasteiger partial charge on any atom is 0.263 e. The van der Waals surface area contributed by atoms with E-state index in [9.17, 15) is 4.79 Å². The molecule has 112 valence electrons. The second kappa shape index (κ2) is 5.61. The van der Waals surface area contributed by atoms with Gasteiger partial charge in [0.05, 0.1) is 5.69 Å². The molecule has 1 unspecified atom stereocenters. The Morgan fingerprint density at radius 1 is 1.57 bits per heavy atom. The van der Waals surface area contributed by atoms with Crippen LogP contribution in [0.1, 0.15) is 28.2 Å². The number of hydrogen-bond donors (Lipinski definition) is 2. The van der Waals surface area contributed by atoms with E-state index in [0.717, 1.165) is 28.9 Å². The molecule has 1 amide bonds. The third-order valence-electron chi connectivity index (χ3n) is 4.11. The predicted octanol–water partition coefficient (Wildman–Crippen LogP) is 2.01. The van der Waals surface area contributed by atoms with Crippen molar-refractivity contribution < 1.29 is 4.79 Å². The van der Waals surface area contributed by atoms with Crippen LogP contribution < -0.4 is 11.1 Å². The Morgan fingerprint density at radius 3 is 3.10 bits per heavy atom. The number of carbonyl (C=O) groups is 1. The SMILES string of the molecule is Cc1ccc2c(N)c(C(=O)NCC3CCCN3C)sc2n1. The molecule has 2 aromatic rings. The number of nitrogen functional groups attached to an aromatic ring is 1. The van der Waals surface area contributed by atoms with Crippen molar-refractivity contribution in [2.75, 3.05) is 25.9 Å². The first kappa shape index (κ1) is 14.3. The highest BCUT2D eigenvalue weighted by molar-refractivity contribution is 7.21. The molecule has 1 aliphatic rings. The number of nitrogens with zero attached hydrogens (tertiary/aromatic N) is 2. The van der Waals surface area contributed by atoms with Crippen LogP contribution in [0.15, 0.2) is 12.1 Å². The largest absolute Gasteiger partial charge is 0.397 e. The molecule has 0 aliphatic carbocycles. The molecule has 1 fully saturated rings. The van der Waals surface area contributed by atoms with Gasteiger partial charge in [0.15, 0.2) is 0 Å². The quantitative estimate of drug-likeness (QED) is 0.910. The zero-order valence-electron chi connectivity index (χ0n) is 12.3. The molecular weight excluding hydrogens is 284 g/mol. The summed E-state index contributed by atoms with van der Waals surface area (Å²) < 4.78 is 0. The lowest BCUT2D eigenvalue weighted by Gasteiger charge is -2.19. The van der Waals surface area contributed by atoms with Crippen LogP contribution in [0, 0.1) is 6.92 Å². The van der Waals surface area contributed by atoms with Gasteiger partial charge in [-0.2, -0.15) is 0 Å².